The summed E-state index contributed by atoms with van der Waals surface area (Å²) in [5, 5.41) is 29.1. The van der Waals surface area contributed by atoms with Crippen molar-refractivity contribution in [3.63, 3.8) is 0 Å². The lowest BCUT2D eigenvalue weighted by Gasteiger charge is -2.10. The summed E-state index contributed by atoms with van der Waals surface area (Å²) in [6, 6.07) is 19.5. The molecule has 4 aromatic rings. The Morgan fingerprint density at radius 1 is 1.13 bits per heavy atom. The van der Waals surface area contributed by atoms with Crippen molar-refractivity contribution in [1.82, 2.24) is 30.6 Å². The van der Waals surface area contributed by atoms with Crippen LogP contribution in [0.25, 0.3) is 17.0 Å². The van der Waals surface area contributed by atoms with Crippen LogP contribution in [0.4, 0.5) is 17.2 Å². The van der Waals surface area contributed by atoms with Gasteiger partial charge in [-0.15, -0.1) is 10.2 Å². The van der Waals surface area contributed by atoms with Gasteiger partial charge in [0, 0.05) is 29.3 Å². The number of aromatic nitrogens is 6. The van der Waals surface area contributed by atoms with Crippen molar-refractivity contribution in [2.75, 3.05) is 10.6 Å². The van der Waals surface area contributed by atoms with Crippen molar-refractivity contribution in [2.45, 2.75) is 6.92 Å². The molecule has 0 saturated carbocycles. The Morgan fingerprint density at radius 3 is 2.83 bits per heavy atom. The first-order valence-electron chi connectivity index (χ1n) is 9.10. The first-order valence-corrected chi connectivity index (χ1v) is 9.10. The number of hydrogen-bond donors (Lipinski definition) is 3. The lowest BCUT2D eigenvalue weighted by Crippen LogP contribution is -1.98. The minimum Gasteiger partial charge on any atom is -0.360 e. The quantitative estimate of drug-likeness (QED) is 0.422. The fraction of sp³-hybridized carbons (Fsp3) is 0.0476. The molecule has 0 fully saturated rings. The van der Waals surface area contributed by atoms with Gasteiger partial charge in [0.2, 0.25) is 5.82 Å². The molecule has 0 aliphatic rings. The largest absolute Gasteiger partial charge is 0.360 e. The van der Waals surface area contributed by atoms with Gasteiger partial charge in [0.25, 0.3) is 0 Å². The number of allylic oxidation sites excluding steroid dienone is 1. The summed E-state index contributed by atoms with van der Waals surface area (Å²) < 4.78 is 0. The molecule has 0 spiro atoms. The second-order valence-electron chi connectivity index (χ2n) is 6.34. The van der Waals surface area contributed by atoms with Gasteiger partial charge in [-0.05, 0) is 42.0 Å². The molecule has 0 aliphatic carbocycles. The molecular weight excluding hydrogens is 378 g/mol. The standard InChI is InChI=1S/C21H17N9/c1-14-5-2-3-8-18(14)25-19-9-10-23-20(26-19)15-6-4-7-17(11-15)24-13-16(12-22)21-27-29-30-28-21/h2-11,13,24H,1H3,(H,23,25,26)(H,27,28,29,30). The molecule has 4 rings (SSSR count). The molecule has 2 aromatic heterocycles. The lowest BCUT2D eigenvalue weighted by atomic mass is 10.2. The molecule has 146 valence electrons. The van der Waals surface area contributed by atoms with Crippen molar-refractivity contribution in [3.05, 3.63) is 78.4 Å². The number of nitriles is 1. The van der Waals surface area contributed by atoms with E-state index in [4.69, 9.17) is 0 Å². The number of anilines is 3. The molecule has 0 radical (unpaired) electrons. The van der Waals surface area contributed by atoms with Gasteiger partial charge in [0.15, 0.2) is 5.82 Å². The fourth-order valence-electron chi connectivity index (χ4n) is 2.74. The summed E-state index contributed by atoms with van der Waals surface area (Å²) in [5.74, 6) is 1.51. The van der Waals surface area contributed by atoms with E-state index in [0.29, 0.717) is 11.6 Å². The van der Waals surface area contributed by atoms with Crippen LogP contribution >= 0.6 is 0 Å². The Hall–Kier alpha value is -4.58. The Balaban J connectivity index is 1.55. The van der Waals surface area contributed by atoms with Gasteiger partial charge in [-0.25, -0.2) is 9.97 Å². The minimum atomic E-state index is 0.222. The number of para-hydroxylation sites is 1. The second kappa shape index (κ2) is 8.62. The zero-order valence-electron chi connectivity index (χ0n) is 16.0. The minimum absolute atomic E-state index is 0.222. The molecule has 0 unspecified atom stereocenters. The average Bonchev–Trinajstić information content (AvgIpc) is 3.31. The molecule has 2 aromatic carbocycles. The maximum atomic E-state index is 9.27. The molecule has 30 heavy (non-hydrogen) atoms. The van der Waals surface area contributed by atoms with E-state index in [9.17, 15) is 5.26 Å². The molecule has 0 saturated heterocycles. The Bertz CT molecular complexity index is 1220. The van der Waals surface area contributed by atoms with E-state index in [1.54, 1.807) is 6.20 Å². The summed E-state index contributed by atoms with van der Waals surface area (Å²) in [6.45, 7) is 2.04. The normalized spacial score (nSPS) is 11.0. The van der Waals surface area contributed by atoms with Gasteiger partial charge in [-0.3, -0.25) is 0 Å². The highest BCUT2D eigenvalue weighted by Gasteiger charge is 2.07. The molecule has 9 heteroatoms. The van der Waals surface area contributed by atoms with Crippen molar-refractivity contribution in [1.29, 1.82) is 5.26 Å². The zero-order chi connectivity index (χ0) is 20.8. The number of H-pyrrole nitrogens is 1. The third-order valence-corrected chi connectivity index (χ3v) is 4.27. The van der Waals surface area contributed by atoms with Crippen molar-refractivity contribution in [3.8, 4) is 17.5 Å². The predicted molar refractivity (Wildman–Crippen MR) is 113 cm³/mol. The van der Waals surface area contributed by atoms with E-state index >= 15 is 0 Å². The SMILES string of the molecule is Cc1ccccc1Nc1ccnc(-c2cccc(NC=C(C#N)c3nn[nH]n3)c2)n1. The Kier molecular flexibility index (Phi) is 5.39. The van der Waals surface area contributed by atoms with Gasteiger partial charge in [0.1, 0.15) is 17.5 Å². The number of nitrogens with zero attached hydrogens (tertiary/aromatic N) is 6. The Labute approximate surface area is 172 Å². The molecule has 0 aliphatic heterocycles. The van der Waals surface area contributed by atoms with Crippen molar-refractivity contribution < 1.29 is 0 Å². The van der Waals surface area contributed by atoms with E-state index in [1.807, 2.05) is 67.6 Å². The zero-order valence-corrected chi connectivity index (χ0v) is 16.0. The van der Waals surface area contributed by atoms with Crippen LogP contribution in [0.2, 0.25) is 0 Å². The summed E-state index contributed by atoms with van der Waals surface area (Å²) in [5.41, 5.74) is 3.98. The van der Waals surface area contributed by atoms with Gasteiger partial charge < -0.3 is 10.6 Å². The van der Waals surface area contributed by atoms with Crippen LogP contribution in [-0.2, 0) is 0 Å². The summed E-state index contributed by atoms with van der Waals surface area (Å²) in [4.78, 5) is 9.01. The van der Waals surface area contributed by atoms with Gasteiger partial charge in [-0.1, -0.05) is 30.3 Å². The maximum Gasteiger partial charge on any atom is 0.216 e. The summed E-state index contributed by atoms with van der Waals surface area (Å²) in [7, 11) is 0. The van der Waals surface area contributed by atoms with Crippen LogP contribution in [0.15, 0.2) is 67.0 Å². The van der Waals surface area contributed by atoms with Gasteiger partial charge in [-0.2, -0.15) is 10.5 Å². The van der Waals surface area contributed by atoms with Crippen LogP contribution < -0.4 is 10.6 Å². The fourth-order valence-corrected chi connectivity index (χ4v) is 2.74. The predicted octanol–water partition coefficient (Wildman–Crippen LogP) is 3.69. The molecule has 2 heterocycles. The highest BCUT2D eigenvalue weighted by molar-refractivity contribution is 5.74. The maximum absolute atomic E-state index is 9.27. The number of hydrogen-bond acceptors (Lipinski definition) is 8. The number of benzene rings is 2. The molecule has 3 N–H and O–H groups in total. The molecular formula is C21H17N9. The number of nitrogens with one attached hydrogen (secondary N) is 3. The summed E-state index contributed by atoms with van der Waals surface area (Å²) in [6.07, 6.45) is 3.24. The highest BCUT2D eigenvalue weighted by atomic mass is 15.5. The first kappa shape index (κ1) is 18.8. The molecule has 0 bridgehead atoms. The Morgan fingerprint density at radius 2 is 2.03 bits per heavy atom. The monoisotopic (exact) mass is 395 g/mol. The van der Waals surface area contributed by atoms with Crippen molar-refractivity contribution >= 4 is 22.8 Å². The van der Waals surface area contributed by atoms with Crippen molar-refractivity contribution in [2.24, 2.45) is 0 Å². The van der Waals surface area contributed by atoms with Gasteiger partial charge in [0.05, 0.1) is 0 Å². The number of tetrazole rings is 1. The number of rotatable bonds is 6. The smallest absolute Gasteiger partial charge is 0.216 e. The summed E-state index contributed by atoms with van der Waals surface area (Å²) >= 11 is 0. The first-order chi connectivity index (χ1) is 14.7. The van der Waals surface area contributed by atoms with E-state index in [-0.39, 0.29) is 11.4 Å². The van der Waals surface area contributed by atoms with E-state index in [1.165, 1.54) is 6.20 Å². The molecule has 9 nitrogen and oxygen atoms in total. The number of aromatic amines is 1. The van der Waals surface area contributed by atoms with E-state index in [0.717, 1.165) is 22.5 Å². The number of aryl methyl sites for hydroxylation is 1. The van der Waals surface area contributed by atoms with E-state index in [2.05, 4.69) is 41.2 Å². The van der Waals surface area contributed by atoms with Crippen LogP contribution in [0.3, 0.4) is 0 Å². The molecule has 0 atom stereocenters. The van der Waals surface area contributed by atoms with Crippen LogP contribution in [0.1, 0.15) is 11.4 Å². The third-order valence-electron chi connectivity index (χ3n) is 4.27. The second-order valence-corrected chi connectivity index (χ2v) is 6.34. The lowest BCUT2D eigenvalue weighted by molar-refractivity contribution is 0.881. The van der Waals surface area contributed by atoms with Crippen LogP contribution in [-0.4, -0.2) is 30.6 Å². The van der Waals surface area contributed by atoms with Crippen LogP contribution in [0.5, 0.6) is 0 Å². The topological polar surface area (TPSA) is 128 Å². The highest BCUT2D eigenvalue weighted by Crippen LogP contribution is 2.23. The average molecular weight is 395 g/mol. The van der Waals surface area contributed by atoms with Gasteiger partial charge >= 0.3 is 0 Å². The third kappa shape index (κ3) is 4.28. The molecule has 0 amide bonds. The van der Waals surface area contributed by atoms with E-state index < -0.39 is 0 Å². The van der Waals surface area contributed by atoms with Crippen LogP contribution in [0, 0.1) is 18.3 Å².